The highest BCUT2D eigenvalue weighted by molar-refractivity contribution is 14.0. The Morgan fingerprint density at radius 1 is 1.23 bits per heavy atom. The number of benzene rings is 1. The van der Waals surface area contributed by atoms with Gasteiger partial charge < -0.3 is 25.4 Å². The topological polar surface area (TPSA) is 87.2 Å². The van der Waals surface area contributed by atoms with E-state index < -0.39 is 11.7 Å². The summed E-state index contributed by atoms with van der Waals surface area (Å²) in [5, 5.41) is 9.16. The van der Waals surface area contributed by atoms with Crippen LogP contribution in [0.2, 0.25) is 0 Å². The first kappa shape index (κ1) is 27.4. The highest BCUT2D eigenvalue weighted by Crippen LogP contribution is 2.22. The molecular formula is C21H35FIN5O3. The van der Waals surface area contributed by atoms with Gasteiger partial charge in [-0.2, -0.15) is 0 Å². The first-order valence-electron chi connectivity index (χ1n) is 10.3. The van der Waals surface area contributed by atoms with Crippen LogP contribution in [0.5, 0.6) is 0 Å². The third kappa shape index (κ3) is 10.5. The zero-order chi connectivity index (χ0) is 22.0. The molecule has 8 nitrogen and oxygen atoms in total. The quantitative estimate of drug-likeness (QED) is 0.209. The van der Waals surface area contributed by atoms with Gasteiger partial charge in [0.05, 0.1) is 19.3 Å². The molecule has 1 aromatic rings. The van der Waals surface area contributed by atoms with Crippen molar-refractivity contribution in [3.63, 3.8) is 0 Å². The molecule has 0 aromatic heterocycles. The number of ether oxygens (including phenoxy) is 2. The summed E-state index contributed by atoms with van der Waals surface area (Å²) >= 11 is 0. The maximum atomic E-state index is 13.8. The molecule has 0 bridgehead atoms. The van der Waals surface area contributed by atoms with Crippen LogP contribution in [0.25, 0.3) is 0 Å². The maximum Gasteiger partial charge on any atom is 0.407 e. The molecule has 0 saturated carbocycles. The smallest absolute Gasteiger partial charge is 0.407 e. The SMILES string of the molecule is CN=C(NCCNC(=O)OC(C)(C)C)NCC(c1cccc(F)c1)N1CCOCC1.I. The second-order valence-corrected chi connectivity index (χ2v) is 8.03. The molecule has 0 spiro atoms. The Morgan fingerprint density at radius 3 is 2.52 bits per heavy atom. The minimum absolute atomic E-state index is 0. The first-order valence-corrected chi connectivity index (χ1v) is 10.3. The molecule has 1 unspecified atom stereocenters. The van der Waals surface area contributed by atoms with Crippen molar-refractivity contribution in [3.8, 4) is 0 Å². The summed E-state index contributed by atoms with van der Waals surface area (Å²) in [5.74, 6) is 0.358. The van der Waals surface area contributed by atoms with E-state index in [1.807, 2.05) is 26.8 Å². The molecule has 1 aliphatic rings. The lowest BCUT2D eigenvalue weighted by Gasteiger charge is -2.35. The van der Waals surface area contributed by atoms with Gasteiger partial charge in [0.2, 0.25) is 0 Å². The van der Waals surface area contributed by atoms with Crippen molar-refractivity contribution in [2.24, 2.45) is 4.99 Å². The average molecular weight is 551 g/mol. The van der Waals surface area contributed by atoms with Gasteiger partial charge in [-0.05, 0) is 38.5 Å². The molecule has 10 heteroatoms. The highest BCUT2D eigenvalue weighted by Gasteiger charge is 2.23. The van der Waals surface area contributed by atoms with E-state index in [-0.39, 0.29) is 35.8 Å². The molecule has 1 aromatic carbocycles. The number of rotatable bonds is 7. The number of guanidine groups is 1. The fourth-order valence-corrected chi connectivity index (χ4v) is 3.13. The van der Waals surface area contributed by atoms with Gasteiger partial charge in [0.25, 0.3) is 0 Å². The van der Waals surface area contributed by atoms with E-state index in [4.69, 9.17) is 9.47 Å². The van der Waals surface area contributed by atoms with Gasteiger partial charge in [0.15, 0.2) is 5.96 Å². The zero-order valence-corrected chi connectivity index (χ0v) is 21.1. The summed E-state index contributed by atoms with van der Waals surface area (Å²) in [7, 11) is 1.68. The number of aliphatic imine (C=N–C) groups is 1. The van der Waals surface area contributed by atoms with E-state index in [1.165, 1.54) is 6.07 Å². The number of carbonyl (C=O) groups is 1. The van der Waals surface area contributed by atoms with Crippen molar-refractivity contribution >= 4 is 36.0 Å². The maximum absolute atomic E-state index is 13.8. The van der Waals surface area contributed by atoms with Crippen molar-refractivity contribution in [1.29, 1.82) is 0 Å². The van der Waals surface area contributed by atoms with Gasteiger partial charge in [-0.15, -0.1) is 24.0 Å². The molecule has 2 rings (SSSR count). The van der Waals surface area contributed by atoms with E-state index in [0.29, 0.717) is 38.8 Å². The lowest BCUT2D eigenvalue weighted by atomic mass is 10.0. The van der Waals surface area contributed by atoms with Crippen LogP contribution in [-0.2, 0) is 9.47 Å². The molecule has 1 atom stereocenters. The third-order valence-electron chi connectivity index (χ3n) is 4.49. The van der Waals surface area contributed by atoms with Crippen molar-refractivity contribution in [3.05, 3.63) is 35.6 Å². The second kappa shape index (κ2) is 13.7. The van der Waals surface area contributed by atoms with Crippen LogP contribution in [0.3, 0.4) is 0 Å². The molecular weight excluding hydrogens is 516 g/mol. The molecule has 1 heterocycles. The first-order chi connectivity index (χ1) is 14.3. The minimum Gasteiger partial charge on any atom is -0.444 e. The number of halogens is 2. The van der Waals surface area contributed by atoms with E-state index in [0.717, 1.165) is 18.7 Å². The summed E-state index contributed by atoms with van der Waals surface area (Å²) in [4.78, 5) is 18.2. The fraction of sp³-hybridized carbons (Fsp3) is 0.619. The zero-order valence-electron chi connectivity index (χ0n) is 18.7. The molecule has 1 saturated heterocycles. The van der Waals surface area contributed by atoms with E-state index in [1.54, 1.807) is 19.2 Å². The van der Waals surface area contributed by atoms with Gasteiger partial charge >= 0.3 is 6.09 Å². The Morgan fingerprint density at radius 2 is 1.90 bits per heavy atom. The van der Waals surface area contributed by atoms with Gasteiger partial charge in [0.1, 0.15) is 11.4 Å². The molecule has 3 N–H and O–H groups in total. The van der Waals surface area contributed by atoms with Crippen molar-refractivity contribution < 1.29 is 18.7 Å². The van der Waals surface area contributed by atoms with Crippen molar-refractivity contribution in [2.75, 3.05) is 53.0 Å². The molecule has 1 amide bonds. The molecule has 0 aliphatic carbocycles. The largest absolute Gasteiger partial charge is 0.444 e. The lowest BCUT2D eigenvalue weighted by Crippen LogP contribution is -2.47. The Hall–Kier alpha value is -1.66. The Bertz CT molecular complexity index is 709. The van der Waals surface area contributed by atoms with Gasteiger partial charge in [0, 0.05) is 39.8 Å². The molecule has 0 radical (unpaired) electrons. The van der Waals surface area contributed by atoms with Crippen LogP contribution >= 0.6 is 24.0 Å². The van der Waals surface area contributed by atoms with Gasteiger partial charge in [-0.3, -0.25) is 9.89 Å². The number of nitrogens with zero attached hydrogens (tertiary/aromatic N) is 2. The van der Waals surface area contributed by atoms with Gasteiger partial charge in [-0.25, -0.2) is 9.18 Å². The number of carbonyl (C=O) groups excluding carboxylic acids is 1. The number of hydrogen-bond donors (Lipinski definition) is 3. The van der Waals surface area contributed by atoms with Crippen LogP contribution in [0.4, 0.5) is 9.18 Å². The van der Waals surface area contributed by atoms with E-state index >= 15 is 0 Å². The fourth-order valence-electron chi connectivity index (χ4n) is 3.13. The van der Waals surface area contributed by atoms with Crippen LogP contribution in [0.15, 0.2) is 29.3 Å². The number of amides is 1. The summed E-state index contributed by atoms with van der Waals surface area (Å²) in [6.45, 7) is 9.80. The van der Waals surface area contributed by atoms with E-state index in [2.05, 4.69) is 25.8 Å². The Kier molecular flexibility index (Phi) is 12.1. The molecule has 1 fully saturated rings. The number of nitrogens with one attached hydrogen (secondary N) is 3. The van der Waals surface area contributed by atoms with Crippen molar-refractivity contribution in [1.82, 2.24) is 20.9 Å². The standard InChI is InChI=1S/C21H34FN5O3.HI/c1-21(2,3)30-20(28)25-9-8-24-19(23-4)26-15-18(27-10-12-29-13-11-27)16-6-5-7-17(22)14-16;/h5-7,14,18H,8-13,15H2,1-4H3,(H,25,28)(H2,23,24,26);1H. The molecule has 176 valence electrons. The Balaban J connectivity index is 0.00000480. The van der Waals surface area contributed by atoms with Crippen LogP contribution in [0.1, 0.15) is 32.4 Å². The number of alkyl carbamates (subject to hydrolysis) is 1. The highest BCUT2D eigenvalue weighted by atomic mass is 127. The summed E-state index contributed by atoms with van der Waals surface area (Å²) in [6.07, 6.45) is -0.453. The van der Waals surface area contributed by atoms with E-state index in [9.17, 15) is 9.18 Å². The monoisotopic (exact) mass is 551 g/mol. The van der Waals surface area contributed by atoms with Crippen LogP contribution < -0.4 is 16.0 Å². The minimum atomic E-state index is -0.527. The van der Waals surface area contributed by atoms with Crippen LogP contribution in [-0.4, -0.2) is 75.5 Å². The predicted octanol–water partition coefficient (Wildman–Crippen LogP) is 2.51. The van der Waals surface area contributed by atoms with Crippen LogP contribution in [0, 0.1) is 5.82 Å². The molecule has 31 heavy (non-hydrogen) atoms. The lowest BCUT2D eigenvalue weighted by molar-refractivity contribution is 0.0169. The summed E-state index contributed by atoms with van der Waals surface area (Å²) < 4.78 is 24.4. The average Bonchev–Trinajstić information content (AvgIpc) is 2.69. The predicted molar refractivity (Wildman–Crippen MR) is 131 cm³/mol. The number of hydrogen-bond acceptors (Lipinski definition) is 5. The van der Waals surface area contributed by atoms with Gasteiger partial charge in [-0.1, -0.05) is 12.1 Å². The van der Waals surface area contributed by atoms with Crippen molar-refractivity contribution in [2.45, 2.75) is 32.4 Å². The molecule has 1 aliphatic heterocycles. The normalized spacial score (nSPS) is 16.1. The Labute approximate surface area is 201 Å². The summed E-state index contributed by atoms with van der Waals surface area (Å²) in [6, 6.07) is 6.68. The second-order valence-electron chi connectivity index (χ2n) is 8.03. The summed E-state index contributed by atoms with van der Waals surface area (Å²) in [5.41, 5.74) is 0.381. The number of morpholine rings is 1. The third-order valence-corrected chi connectivity index (χ3v) is 4.49.